The number of nitrogens with zero attached hydrogens (tertiary/aromatic N) is 1. The molecule has 1 aliphatic carbocycles. The van der Waals surface area contributed by atoms with Gasteiger partial charge in [-0.3, -0.25) is 10.1 Å². The van der Waals surface area contributed by atoms with Crippen LogP contribution in [0.15, 0.2) is 24.3 Å². The fourth-order valence-electron chi connectivity index (χ4n) is 3.64. The van der Waals surface area contributed by atoms with Gasteiger partial charge < -0.3 is 4.90 Å². The highest BCUT2D eigenvalue weighted by atomic mass is 16.2. The third-order valence-corrected chi connectivity index (χ3v) is 5.25. The molecule has 3 rings (SSSR count). The molecule has 2 fully saturated rings. The topological polar surface area (TPSA) is 32.3 Å². The van der Waals surface area contributed by atoms with Crippen molar-refractivity contribution in [2.24, 2.45) is 5.92 Å². The van der Waals surface area contributed by atoms with Crippen LogP contribution in [0.4, 0.5) is 0 Å². The highest BCUT2D eigenvalue weighted by Gasteiger charge is 2.51. The van der Waals surface area contributed by atoms with Crippen LogP contribution in [0.3, 0.4) is 0 Å². The Labute approximate surface area is 127 Å². The first-order valence-electron chi connectivity index (χ1n) is 8.11. The van der Waals surface area contributed by atoms with Crippen LogP contribution in [0.25, 0.3) is 0 Å². The summed E-state index contributed by atoms with van der Waals surface area (Å²) in [5, 5.41) is 3.60. The van der Waals surface area contributed by atoms with Gasteiger partial charge in [-0.15, -0.1) is 0 Å². The first-order valence-corrected chi connectivity index (χ1v) is 8.11. The molecule has 2 atom stereocenters. The van der Waals surface area contributed by atoms with E-state index in [0.29, 0.717) is 6.04 Å². The summed E-state index contributed by atoms with van der Waals surface area (Å²) in [6.07, 6.45) is 3.12. The third kappa shape index (κ3) is 2.38. The largest absolute Gasteiger partial charge is 0.318 e. The molecule has 2 unspecified atom stereocenters. The van der Waals surface area contributed by atoms with Crippen LogP contribution in [0, 0.1) is 12.8 Å². The minimum atomic E-state index is -0.423. The Balaban J connectivity index is 1.94. The molecule has 1 N–H and O–H groups in total. The summed E-state index contributed by atoms with van der Waals surface area (Å²) >= 11 is 0. The Hall–Kier alpha value is -1.35. The summed E-state index contributed by atoms with van der Waals surface area (Å²) in [4.78, 5) is 15.1. The summed E-state index contributed by atoms with van der Waals surface area (Å²) in [5.74, 6) is 1.02. The van der Waals surface area contributed by atoms with Gasteiger partial charge in [0.2, 0.25) is 5.91 Å². The zero-order chi connectivity index (χ0) is 15.2. The highest BCUT2D eigenvalue weighted by Crippen LogP contribution is 2.41. The maximum atomic E-state index is 12.9. The van der Waals surface area contributed by atoms with E-state index in [1.54, 1.807) is 0 Å². The molecule has 2 aliphatic rings. The van der Waals surface area contributed by atoms with E-state index in [1.165, 1.54) is 11.1 Å². The summed E-state index contributed by atoms with van der Waals surface area (Å²) < 4.78 is 0. The number of hydrogen-bond acceptors (Lipinski definition) is 2. The second-order valence-corrected chi connectivity index (χ2v) is 7.09. The van der Waals surface area contributed by atoms with Crippen LogP contribution in [0.1, 0.15) is 57.3 Å². The zero-order valence-electron chi connectivity index (χ0n) is 13.5. The number of aryl methyl sites for hydroxylation is 1. The van der Waals surface area contributed by atoms with Gasteiger partial charge in [-0.2, -0.15) is 0 Å². The van der Waals surface area contributed by atoms with Crippen molar-refractivity contribution in [1.82, 2.24) is 10.2 Å². The van der Waals surface area contributed by atoms with E-state index in [0.717, 1.165) is 25.2 Å². The molecule has 3 nitrogen and oxygen atoms in total. The molecule has 3 heteroatoms. The van der Waals surface area contributed by atoms with Gasteiger partial charge in [-0.1, -0.05) is 43.7 Å². The smallest absolute Gasteiger partial charge is 0.244 e. The van der Waals surface area contributed by atoms with Crippen molar-refractivity contribution in [1.29, 1.82) is 0 Å². The lowest BCUT2D eigenvalue weighted by Gasteiger charge is -2.42. The Kier molecular flexibility index (Phi) is 3.56. The lowest BCUT2D eigenvalue weighted by molar-refractivity contribution is -0.137. The molecule has 0 spiro atoms. The predicted molar refractivity (Wildman–Crippen MR) is 84.8 cm³/mol. The molecule has 0 bridgehead atoms. The molecule has 1 saturated carbocycles. The Morgan fingerprint density at radius 1 is 1.38 bits per heavy atom. The van der Waals surface area contributed by atoms with Crippen LogP contribution in [-0.2, 0) is 4.79 Å². The molecule has 1 saturated heterocycles. The molecule has 1 aromatic carbocycles. The maximum Gasteiger partial charge on any atom is 0.244 e. The lowest BCUT2D eigenvalue weighted by Crippen LogP contribution is -2.48. The molecule has 0 radical (unpaired) electrons. The van der Waals surface area contributed by atoms with Crippen molar-refractivity contribution in [2.75, 3.05) is 0 Å². The van der Waals surface area contributed by atoms with E-state index in [9.17, 15) is 4.79 Å². The third-order valence-electron chi connectivity index (χ3n) is 5.25. The number of carbonyl (C=O) groups excluding carboxylic acids is 1. The van der Waals surface area contributed by atoms with Gasteiger partial charge >= 0.3 is 0 Å². The minimum Gasteiger partial charge on any atom is -0.318 e. The van der Waals surface area contributed by atoms with E-state index < -0.39 is 5.54 Å². The molecule has 0 aromatic heterocycles. The van der Waals surface area contributed by atoms with Crippen molar-refractivity contribution in [3.8, 4) is 0 Å². The molecule has 1 aromatic rings. The van der Waals surface area contributed by atoms with Crippen molar-refractivity contribution >= 4 is 5.91 Å². The molecule has 1 amide bonds. The van der Waals surface area contributed by atoms with Crippen molar-refractivity contribution in [3.05, 3.63) is 35.4 Å². The summed E-state index contributed by atoms with van der Waals surface area (Å²) in [6.45, 7) is 8.51. The number of benzene rings is 1. The molecule has 114 valence electrons. The summed E-state index contributed by atoms with van der Waals surface area (Å²) in [6, 6.07) is 8.92. The van der Waals surface area contributed by atoms with E-state index in [-0.39, 0.29) is 12.1 Å². The minimum absolute atomic E-state index is 0.0276. The molecule has 21 heavy (non-hydrogen) atoms. The normalized spacial score (nSPS) is 35.9. The monoisotopic (exact) mass is 286 g/mol. The van der Waals surface area contributed by atoms with E-state index in [1.807, 2.05) is 6.92 Å². The maximum absolute atomic E-state index is 12.9. The highest BCUT2D eigenvalue weighted by molar-refractivity contribution is 5.89. The number of hydrogen-bond donors (Lipinski definition) is 1. The zero-order valence-corrected chi connectivity index (χ0v) is 13.5. The quantitative estimate of drug-likeness (QED) is 0.923. The standard InChI is InChI=1S/C18H26N2O/c1-5-18(4)17(21)20(15-10-13(3)11-15)16(19-18)14-8-6-7-12(2)9-14/h6-9,13,15-16,19H,5,10-11H2,1-4H3. The van der Waals surface area contributed by atoms with Crippen LogP contribution >= 0.6 is 0 Å². The van der Waals surface area contributed by atoms with Crippen LogP contribution < -0.4 is 5.32 Å². The van der Waals surface area contributed by atoms with Crippen molar-refractivity contribution in [3.63, 3.8) is 0 Å². The van der Waals surface area contributed by atoms with Crippen LogP contribution in [-0.4, -0.2) is 22.4 Å². The molecular weight excluding hydrogens is 260 g/mol. The lowest BCUT2D eigenvalue weighted by atomic mass is 9.80. The average Bonchev–Trinajstić information content (AvgIpc) is 2.69. The predicted octanol–water partition coefficient (Wildman–Crippen LogP) is 3.39. The SMILES string of the molecule is CCC1(C)NC(c2cccc(C)c2)N(C2CC(C)C2)C1=O. The Bertz CT molecular complexity index is 550. The number of nitrogens with one attached hydrogen (secondary N) is 1. The van der Waals surface area contributed by atoms with Gasteiger partial charge in [-0.05, 0) is 44.6 Å². The fourth-order valence-corrected chi connectivity index (χ4v) is 3.64. The Morgan fingerprint density at radius 2 is 2.10 bits per heavy atom. The first kappa shape index (κ1) is 14.6. The average molecular weight is 286 g/mol. The number of carbonyl (C=O) groups is 1. The van der Waals surface area contributed by atoms with Gasteiger partial charge in [0.25, 0.3) is 0 Å². The van der Waals surface area contributed by atoms with E-state index >= 15 is 0 Å². The number of rotatable bonds is 3. The van der Waals surface area contributed by atoms with Gasteiger partial charge in [0.15, 0.2) is 0 Å². The van der Waals surface area contributed by atoms with Gasteiger partial charge in [0, 0.05) is 6.04 Å². The second-order valence-electron chi connectivity index (χ2n) is 7.09. The van der Waals surface area contributed by atoms with Crippen molar-refractivity contribution in [2.45, 2.75) is 64.7 Å². The summed E-state index contributed by atoms with van der Waals surface area (Å²) in [7, 11) is 0. The van der Waals surface area contributed by atoms with E-state index in [2.05, 4.69) is 55.3 Å². The van der Waals surface area contributed by atoms with Crippen molar-refractivity contribution < 1.29 is 4.79 Å². The van der Waals surface area contributed by atoms with Crippen LogP contribution in [0.5, 0.6) is 0 Å². The van der Waals surface area contributed by atoms with Crippen LogP contribution in [0.2, 0.25) is 0 Å². The van der Waals surface area contributed by atoms with Gasteiger partial charge in [-0.25, -0.2) is 0 Å². The van der Waals surface area contributed by atoms with Gasteiger partial charge in [0.1, 0.15) is 6.17 Å². The Morgan fingerprint density at radius 3 is 2.67 bits per heavy atom. The molecule has 1 heterocycles. The fraction of sp³-hybridized carbons (Fsp3) is 0.611. The first-order chi connectivity index (χ1) is 9.94. The summed E-state index contributed by atoms with van der Waals surface area (Å²) in [5.41, 5.74) is 2.03. The molecular formula is C18H26N2O. The van der Waals surface area contributed by atoms with E-state index in [4.69, 9.17) is 0 Å². The molecule has 1 aliphatic heterocycles. The second kappa shape index (κ2) is 5.13. The van der Waals surface area contributed by atoms with Gasteiger partial charge in [0.05, 0.1) is 5.54 Å². The number of amides is 1.